The predicted molar refractivity (Wildman–Crippen MR) is 105 cm³/mol. The molecule has 0 unspecified atom stereocenters. The highest BCUT2D eigenvalue weighted by Crippen LogP contribution is 2.18. The molecule has 0 aliphatic carbocycles. The molecule has 1 aliphatic rings. The van der Waals surface area contributed by atoms with Crippen molar-refractivity contribution >= 4 is 35.9 Å². The fourth-order valence-corrected chi connectivity index (χ4v) is 2.50. The van der Waals surface area contributed by atoms with Crippen LogP contribution in [0, 0.1) is 5.92 Å². The van der Waals surface area contributed by atoms with Crippen molar-refractivity contribution in [3.05, 3.63) is 0 Å². The van der Waals surface area contributed by atoms with Crippen molar-refractivity contribution in [2.24, 2.45) is 10.9 Å². The molecule has 1 aliphatic heterocycles. The molecule has 0 aromatic carbocycles. The van der Waals surface area contributed by atoms with Crippen LogP contribution in [0.5, 0.6) is 0 Å². The Kier molecular flexibility index (Phi) is 12.5. The van der Waals surface area contributed by atoms with Crippen LogP contribution in [0.1, 0.15) is 33.6 Å². The number of carbonyl (C=O) groups is 1. The molecule has 0 spiro atoms. The maximum absolute atomic E-state index is 11.8. The smallest absolute Gasteiger partial charge is 0.309 e. The van der Waals surface area contributed by atoms with Crippen molar-refractivity contribution in [1.29, 1.82) is 0 Å². The van der Waals surface area contributed by atoms with E-state index in [1.54, 1.807) is 0 Å². The average Bonchev–Trinajstić information content (AvgIpc) is 2.54. The Balaban J connectivity index is 0.00000484. The van der Waals surface area contributed by atoms with Gasteiger partial charge in [-0.15, -0.1) is 24.0 Å². The van der Waals surface area contributed by atoms with E-state index in [1.165, 1.54) is 0 Å². The van der Waals surface area contributed by atoms with E-state index in [1.807, 2.05) is 6.92 Å². The molecule has 7 heteroatoms. The molecule has 6 nitrogen and oxygen atoms in total. The second-order valence-corrected chi connectivity index (χ2v) is 5.64. The van der Waals surface area contributed by atoms with E-state index in [2.05, 4.69) is 36.0 Å². The second kappa shape index (κ2) is 12.8. The van der Waals surface area contributed by atoms with Crippen LogP contribution in [-0.4, -0.2) is 74.7 Å². The van der Waals surface area contributed by atoms with E-state index in [0.717, 1.165) is 58.1 Å². The number of hydrogen-bond acceptors (Lipinski definition) is 4. The van der Waals surface area contributed by atoms with E-state index in [-0.39, 0.29) is 35.9 Å². The molecular formula is C16H33IN4O2. The Bertz CT molecular complexity index is 358. The number of guanidine groups is 1. The summed E-state index contributed by atoms with van der Waals surface area (Å²) in [4.78, 5) is 21.0. The third-order valence-corrected chi connectivity index (χ3v) is 4.03. The molecule has 1 saturated heterocycles. The minimum Gasteiger partial charge on any atom is -0.466 e. The zero-order valence-corrected chi connectivity index (χ0v) is 17.3. The third-order valence-electron chi connectivity index (χ3n) is 4.03. The summed E-state index contributed by atoms with van der Waals surface area (Å²) < 4.78 is 5.12. The van der Waals surface area contributed by atoms with Gasteiger partial charge < -0.3 is 19.9 Å². The summed E-state index contributed by atoms with van der Waals surface area (Å²) in [5.74, 6) is 0.966. The number of likely N-dealkylation sites (tertiary alicyclic amines) is 1. The molecule has 1 rings (SSSR count). The number of esters is 1. The lowest BCUT2D eigenvalue weighted by atomic mass is 9.97. The Hall–Kier alpha value is -0.570. The Morgan fingerprint density at radius 1 is 1.30 bits per heavy atom. The molecule has 0 atom stereocenters. The minimum atomic E-state index is -0.0475. The van der Waals surface area contributed by atoms with Crippen molar-refractivity contribution in [2.75, 3.05) is 52.9 Å². The van der Waals surface area contributed by atoms with Crippen molar-refractivity contribution in [3.8, 4) is 0 Å². The summed E-state index contributed by atoms with van der Waals surface area (Å²) in [7, 11) is 2.10. The van der Waals surface area contributed by atoms with Gasteiger partial charge in [0.25, 0.3) is 0 Å². The highest BCUT2D eigenvalue weighted by atomic mass is 127. The van der Waals surface area contributed by atoms with Crippen molar-refractivity contribution < 1.29 is 9.53 Å². The molecule has 0 saturated carbocycles. The van der Waals surface area contributed by atoms with Crippen LogP contribution in [0.3, 0.4) is 0 Å². The van der Waals surface area contributed by atoms with Gasteiger partial charge in [-0.2, -0.15) is 0 Å². The molecule has 1 fully saturated rings. The molecule has 1 N–H and O–H groups in total. The first kappa shape index (κ1) is 22.4. The lowest BCUT2D eigenvalue weighted by Gasteiger charge is -2.33. The zero-order valence-electron chi connectivity index (χ0n) is 15.0. The summed E-state index contributed by atoms with van der Waals surface area (Å²) in [6.45, 7) is 11.9. The number of likely N-dealkylation sites (N-methyl/N-ethyl adjacent to an activating group) is 1. The summed E-state index contributed by atoms with van der Waals surface area (Å²) in [5.41, 5.74) is 0. The van der Waals surface area contributed by atoms with Crippen LogP contribution in [0.4, 0.5) is 0 Å². The van der Waals surface area contributed by atoms with Crippen LogP contribution >= 0.6 is 24.0 Å². The maximum atomic E-state index is 11.8. The molecule has 0 amide bonds. The molecule has 0 aromatic rings. The van der Waals surface area contributed by atoms with Gasteiger partial charge in [-0.3, -0.25) is 9.79 Å². The van der Waals surface area contributed by atoms with Crippen LogP contribution in [0.25, 0.3) is 0 Å². The standard InChI is InChI=1S/C16H32N4O2.HI/c1-5-17-16(18-10-13-19(4)6-2)20-11-8-14(9-12-20)15(21)22-7-3;/h14H,5-13H2,1-4H3,(H,17,18);1H. The predicted octanol–water partition coefficient (Wildman–Crippen LogP) is 1.80. The van der Waals surface area contributed by atoms with Crippen molar-refractivity contribution in [1.82, 2.24) is 15.1 Å². The van der Waals surface area contributed by atoms with Crippen LogP contribution in [-0.2, 0) is 9.53 Å². The minimum absolute atomic E-state index is 0. The molecular weight excluding hydrogens is 407 g/mol. The average molecular weight is 440 g/mol. The summed E-state index contributed by atoms with van der Waals surface area (Å²) in [6.07, 6.45) is 1.69. The molecule has 1 heterocycles. The number of nitrogens with one attached hydrogen (secondary N) is 1. The van der Waals surface area contributed by atoms with Crippen molar-refractivity contribution in [2.45, 2.75) is 33.6 Å². The number of nitrogens with zero attached hydrogens (tertiary/aromatic N) is 3. The van der Waals surface area contributed by atoms with E-state index < -0.39 is 0 Å². The largest absolute Gasteiger partial charge is 0.466 e. The fraction of sp³-hybridized carbons (Fsp3) is 0.875. The summed E-state index contributed by atoms with van der Waals surface area (Å²) >= 11 is 0. The van der Waals surface area contributed by atoms with Gasteiger partial charge in [0, 0.05) is 26.2 Å². The van der Waals surface area contributed by atoms with Gasteiger partial charge in [0.05, 0.1) is 19.1 Å². The quantitative estimate of drug-likeness (QED) is 0.283. The molecule has 136 valence electrons. The topological polar surface area (TPSA) is 57.2 Å². The number of rotatable bonds is 7. The van der Waals surface area contributed by atoms with Gasteiger partial charge in [0.2, 0.25) is 0 Å². The van der Waals surface area contributed by atoms with Gasteiger partial charge in [-0.25, -0.2) is 0 Å². The van der Waals surface area contributed by atoms with E-state index in [4.69, 9.17) is 9.73 Å². The third kappa shape index (κ3) is 8.19. The van der Waals surface area contributed by atoms with Gasteiger partial charge >= 0.3 is 5.97 Å². The summed E-state index contributed by atoms with van der Waals surface area (Å²) in [6, 6.07) is 0. The Labute approximate surface area is 158 Å². The summed E-state index contributed by atoms with van der Waals surface area (Å²) in [5, 5.41) is 3.35. The highest BCUT2D eigenvalue weighted by molar-refractivity contribution is 14.0. The number of halogens is 1. The van der Waals surface area contributed by atoms with E-state index in [9.17, 15) is 4.79 Å². The normalized spacial score (nSPS) is 16.2. The lowest BCUT2D eigenvalue weighted by Crippen LogP contribution is -2.47. The zero-order chi connectivity index (χ0) is 16.4. The number of ether oxygens (including phenoxy) is 1. The molecule has 0 radical (unpaired) electrons. The first-order valence-electron chi connectivity index (χ1n) is 8.50. The Morgan fingerprint density at radius 2 is 1.96 bits per heavy atom. The first-order valence-corrected chi connectivity index (χ1v) is 8.50. The molecule has 0 bridgehead atoms. The Morgan fingerprint density at radius 3 is 2.48 bits per heavy atom. The number of piperidine rings is 1. The lowest BCUT2D eigenvalue weighted by molar-refractivity contribution is -0.149. The maximum Gasteiger partial charge on any atom is 0.309 e. The fourth-order valence-electron chi connectivity index (χ4n) is 2.50. The van der Waals surface area contributed by atoms with Crippen LogP contribution < -0.4 is 5.32 Å². The van der Waals surface area contributed by atoms with Gasteiger partial charge in [0.15, 0.2) is 5.96 Å². The van der Waals surface area contributed by atoms with Crippen molar-refractivity contribution in [3.63, 3.8) is 0 Å². The number of aliphatic imine (C=N–C) groups is 1. The van der Waals surface area contributed by atoms with E-state index in [0.29, 0.717) is 6.61 Å². The van der Waals surface area contributed by atoms with E-state index >= 15 is 0 Å². The number of carbonyl (C=O) groups excluding carboxylic acids is 1. The van der Waals surface area contributed by atoms with Gasteiger partial charge in [-0.05, 0) is 40.3 Å². The monoisotopic (exact) mass is 440 g/mol. The highest BCUT2D eigenvalue weighted by Gasteiger charge is 2.27. The van der Waals surface area contributed by atoms with Crippen LogP contribution in [0.2, 0.25) is 0 Å². The molecule has 0 aromatic heterocycles. The van der Waals surface area contributed by atoms with Gasteiger partial charge in [0.1, 0.15) is 0 Å². The second-order valence-electron chi connectivity index (χ2n) is 5.64. The number of hydrogen-bond donors (Lipinski definition) is 1. The molecule has 23 heavy (non-hydrogen) atoms. The first-order chi connectivity index (χ1) is 10.6. The SMILES string of the molecule is CCNC(=NCCN(C)CC)N1CCC(C(=O)OCC)CC1.I. The van der Waals surface area contributed by atoms with Gasteiger partial charge in [-0.1, -0.05) is 6.92 Å². The van der Waals surface area contributed by atoms with Crippen LogP contribution in [0.15, 0.2) is 4.99 Å².